The van der Waals surface area contributed by atoms with Gasteiger partial charge in [0.05, 0.1) is 18.1 Å². The number of hydrogen-bond donors (Lipinski definition) is 2. The van der Waals surface area contributed by atoms with Gasteiger partial charge in [0.25, 0.3) is 0 Å². The molecule has 7 nitrogen and oxygen atoms in total. The van der Waals surface area contributed by atoms with Crippen LogP contribution in [0.15, 0.2) is 6.20 Å². The van der Waals surface area contributed by atoms with Gasteiger partial charge in [0.1, 0.15) is 5.82 Å². The molecule has 0 radical (unpaired) electrons. The van der Waals surface area contributed by atoms with E-state index in [1.807, 2.05) is 7.05 Å². The molecule has 0 unspecified atom stereocenters. The second kappa shape index (κ2) is 6.15. The molecule has 0 saturated heterocycles. The summed E-state index contributed by atoms with van der Waals surface area (Å²) in [5.41, 5.74) is 3.43. The van der Waals surface area contributed by atoms with Crippen LogP contribution in [0.1, 0.15) is 26.6 Å². The van der Waals surface area contributed by atoms with Crippen LogP contribution in [-0.2, 0) is 13.6 Å². The van der Waals surface area contributed by atoms with Crippen molar-refractivity contribution >= 4 is 16.9 Å². The number of nitrogens with zero attached hydrogens (tertiary/aromatic N) is 5. The normalized spacial score (nSPS) is 11.8. The molecule has 2 aromatic rings. The summed E-state index contributed by atoms with van der Waals surface area (Å²) in [6, 6.07) is 0. The molecule has 0 fully saturated rings. The van der Waals surface area contributed by atoms with Crippen molar-refractivity contribution in [1.29, 1.82) is 0 Å². The summed E-state index contributed by atoms with van der Waals surface area (Å²) in [5.74, 6) is 7.55. The van der Waals surface area contributed by atoms with Gasteiger partial charge in [0, 0.05) is 13.6 Å². The summed E-state index contributed by atoms with van der Waals surface area (Å²) >= 11 is 0. The largest absolute Gasteiger partial charge is 0.308 e. The van der Waals surface area contributed by atoms with E-state index in [9.17, 15) is 0 Å². The van der Waals surface area contributed by atoms with E-state index in [1.54, 1.807) is 10.9 Å². The predicted molar refractivity (Wildman–Crippen MR) is 79.9 cm³/mol. The number of nitrogens with one attached hydrogen (secondary N) is 1. The van der Waals surface area contributed by atoms with E-state index in [-0.39, 0.29) is 0 Å². The van der Waals surface area contributed by atoms with E-state index in [4.69, 9.17) is 5.84 Å². The summed E-state index contributed by atoms with van der Waals surface area (Å²) in [4.78, 5) is 11.4. The van der Waals surface area contributed by atoms with Gasteiger partial charge in [-0.1, -0.05) is 20.8 Å². The van der Waals surface area contributed by atoms with E-state index < -0.39 is 0 Å². The maximum Gasteiger partial charge on any atom is 0.163 e. The van der Waals surface area contributed by atoms with Crippen LogP contribution >= 0.6 is 0 Å². The number of hydrazine groups is 1. The second-order valence-electron chi connectivity index (χ2n) is 5.36. The highest BCUT2D eigenvalue weighted by atomic mass is 15.3. The molecule has 0 aliphatic carbocycles. The van der Waals surface area contributed by atoms with E-state index in [1.165, 1.54) is 0 Å². The predicted octanol–water partition coefficient (Wildman–Crippen LogP) is 1.13. The molecule has 2 rings (SSSR count). The molecule has 0 bridgehead atoms. The lowest BCUT2D eigenvalue weighted by atomic mass is 10.2. The molecule has 0 saturated carbocycles. The molecule has 0 atom stereocenters. The zero-order valence-corrected chi connectivity index (χ0v) is 12.6. The van der Waals surface area contributed by atoms with E-state index in [2.05, 4.69) is 46.2 Å². The Hall–Kier alpha value is -1.73. The lowest BCUT2D eigenvalue weighted by molar-refractivity contribution is 0.243. The van der Waals surface area contributed by atoms with E-state index >= 15 is 0 Å². The number of fused-ring (bicyclic) bond motifs is 1. The number of aryl methyl sites for hydroxylation is 1. The fourth-order valence-corrected chi connectivity index (χ4v) is 2.27. The Morgan fingerprint density at radius 2 is 2.15 bits per heavy atom. The first-order valence-electron chi connectivity index (χ1n) is 6.92. The first-order chi connectivity index (χ1) is 9.55. The Balaban J connectivity index is 2.31. The molecule has 0 aromatic carbocycles. The van der Waals surface area contributed by atoms with E-state index in [0.717, 1.165) is 29.9 Å². The standard InChI is InChI=1S/C13H23N7/c1-5-20(7-9(2)3)8-11-16-12(18-14)10-6-15-19(4)13(10)17-11/h6,9H,5,7-8,14H2,1-4H3,(H,16,17,18). The number of hydrogen-bond acceptors (Lipinski definition) is 6. The third-order valence-electron chi connectivity index (χ3n) is 3.21. The van der Waals surface area contributed by atoms with Crippen LogP contribution < -0.4 is 11.3 Å². The van der Waals surface area contributed by atoms with Crippen molar-refractivity contribution in [1.82, 2.24) is 24.6 Å². The quantitative estimate of drug-likeness (QED) is 0.608. The molecule has 2 heterocycles. The minimum Gasteiger partial charge on any atom is -0.308 e. The van der Waals surface area contributed by atoms with Gasteiger partial charge in [0.2, 0.25) is 0 Å². The van der Waals surface area contributed by atoms with Crippen LogP contribution in [-0.4, -0.2) is 37.7 Å². The molecule has 20 heavy (non-hydrogen) atoms. The summed E-state index contributed by atoms with van der Waals surface area (Å²) in [7, 11) is 1.87. The van der Waals surface area contributed by atoms with Crippen molar-refractivity contribution in [3.8, 4) is 0 Å². The monoisotopic (exact) mass is 277 g/mol. The molecule has 7 heteroatoms. The third-order valence-corrected chi connectivity index (χ3v) is 3.21. The number of nitrogen functional groups attached to an aromatic ring is 1. The smallest absolute Gasteiger partial charge is 0.163 e. The van der Waals surface area contributed by atoms with Crippen molar-refractivity contribution in [3.05, 3.63) is 12.0 Å². The Labute approximate surface area is 119 Å². The molecule has 110 valence electrons. The maximum absolute atomic E-state index is 5.55. The van der Waals surface area contributed by atoms with Gasteiger partial charge in [-0.3, -0.25) is 9.58 Å². The first-order valence-corrected chi connectivity index (χ1v) is 6.92. The minimum absolute atomic E-state index is 0.613. The summed E-state index contributed by atoms with van der Waals surface area (Å²) in [6.45, 7) is 9.27. The highest BCUT2D eigenvalue weighted by Crippen LogP contribution is 2.19. The molecule has 3 N–H and O–H groups in total. The van der Waals surface area contributed by atoms with Crippen molar-refractivity contribution in [2.45, 2.75) is 27.3 Å². The average molecular weight is 277 g/mol. The van der Waals surface area contributed by atoms with Gasteiger partial charge in [-0.05, 0) is 12.5 Å². The first kappa shape index (κ1) is 14.7. The summed E-state index contributed by atoms with van der Waals surface area (Å²) < 4.78 is 1.74. The number of nitrogens with two attached hydrogens (primary N) is 1. The zero-order chi connectivity index (χ0) is 14.7. The number of anilines is 1. The number of aromatic nitrogens is 4. The van der Waals surface area contributed by atoms with Gasteiger partial charge in [-0.15, -0.1) is 0 Å². The van der Waals surface area contributed by atoms with Crippen LogP contribution in [0.3, 0.4) is 0 Å². The molecular weight excluding hydrogens is 254 g/mol. The van der Waals surface area contributed by atoms with Gasteiger partial charge >= 0.3 is 0 Å². The van der Waals surface area contributed by atoms with Crippen molar-refractivity contribution in [3.63, 3.8) is 0 Å². The van der Waals surface area contributed by atoms with Crippen LogP contribution in [0, 0.1) is 5.92 Å². The molecular formula is C13H23N7. The van der Waals surface area contributed by atoms with Crippen LogP contribution in [0.5, 0.6) is 0 Å². The molecule has 0 aliphatic rings. The van der Waals surface area contributed by atoms with Gasteiger partial charge in [0.15, 0.2) is 11.5 Å². The summed E-state index contributed by atoms with van der Waals surface area (Å²) in [5, 5.41) is 5.04. The van der Waals surface area contributed by atoms with Crippen LogP contribution in [0.2, 0.25) is 0 Å². The highest BCUT2D eigenvalue weighted by Gasteiger charge is 2.13. The molecule has 2 aromatic heterocycles. The fraction of sp³-hybridized carbons (Fsp3) is 0.615. The highest BCUT2D eigenvalue weighted by molar-refractivity contribution is 5.86. The van der Waals surface area contributed by atoms with E-state index in [0.29, 0.717) is 18.3 Å². The lowest BCUT2D eigenvalue weighted by Crippen LogP contribution is -2.28. The third kappa shape index (κ3) is 3.05. The second-order valence-corrected chi connectivity index (χ2v) is 5.36. The van der Waals surface area contributed by atoms with Crippen LogP contribution in [0.4, 0.5) is 5.82 Å². The topological polar surface area (TPSA) is 84.9 Å². The fourth-order valence-electron chi connectivity index (χ4n) is 2.27. The lowest BCUT2D eigenvalue weighted by Gasteiger charge is -2.21. The summed E-state index contributed by atoms with van der Waals surface area (Å²) in [6.07, 6.45) is 1.72. The Morgan fingerprint density at radius 1 is 1.40 bits per heavy atom. The Morgan fingerprint density at radius 3 is 2.75 bits per heavy atom. The maximum atomic E-state index is 5.55. The average Bonchev–Trinajstić information content (AvgIpc) is 2.78. The zero-order valence-electron chi connectivity index (χ0n) is 12.6. The van der Waals surface area contributed by atoms with Crippen molar-refractivity contribution < 1.29 is 0 Å². The Kier molecular flexibility index (Phi) is 4.51. The van der Waals surface area contributed by atoms with Gasteiger partial charge in [-0.2, -0.15) is 5.10 Å². The number of rotatable bonds is 6. The van der Waals surface area contributed by atoms with Crippen LogP contribution in [0.25, 0.3) is 11.0 Å². The minimum atomic E-state index is 0.613. The molecule has 0 spiro atoms. The SMILES string of the molecule is CCN(Cc1nc(NN)c2cnn(C)c2n1)CC(C)C. The van der Waals surface area contributed by atoms with Gasteiger partial charge < -0.3 is 5.43 Å². The molecule has 0 amide bonds. The Bertz CT molecular complexity index is 575. The molecule has 0 aliphatic heterocycles. The van der Waals surface area contributed by atoms with Gasteiger partial charge in [-0.25, -0.2) is 15.8 Å². The van der Waals surface area contributed by atoms with Crippen molar-refractivity contribution in [2.24, 2.45) is 18.8 Å². The van der Waals surface area contributed by atoms with Crippen molar-refractivity contribution in [2.75, 3.05) is 18.5 Å².